The quantitative estimate of drug-likeness (QED) is 0.184. The first-order chi connectivity index (χ1) is 25.7. The third-order valence-electron chi connectivity index (χ3n) is 9.70. The minimum absolute atomic E-state index is 0. The molecule has 2 unspecified atom stereocenters. The molecular formula is C42H50BrCl3N2O6. The number of fused-ring (bicyclic) bond motifs is 2. The van der Waals surface area contributed by atoms with E-state index >= 15 is 0 Å². The Morgan fingerprint density at radius 1 is 0.648 bits per heavy atom. The molecule has 4 aliphatic heterocycles. The largest absolute Gasteiger partial charge is 0.487 e. The molecular weight excluding hydrogens is 815 g/mol. The lowest BCUT2D eigenvalue weighted by molar-refractivity contribution is -0.00437. The Labute approximate surface area is 344 Å². The maximum Gasteiger partial charge on any atom is 0.161 e. The lowest BCUT2D eigenvalue weighted by Gasteiger charge is -2.41. The van der Waals surface area contributed by atoms with Crippen molar-refractivity contribution < 1.29 is 28.4 Å². The van der Waals surface area contributed by atoms with Crippen LogP contribution in [0.15, 0.2) is 97.1 Å². The van der Waals surface area contributed by atoms with E-state index in [0.717, 1.165) is 108 Å². The maximum absolute atomic E-state index is 6.24. The number of likely N-dealkylation sites (tertiary alicyclic amines) is 1. The summed E-state index contributed by atoms with van der Waals surface area (Å²) in [5, 5.41) is 5.62. The van der Waals surface area contributed by atoms with Crippen molar-refractivity contribution in [1.82, 2.24) is 10.2 Å². The molecule has 0 saturated carbocycles. The van der Waals surface area contributed by atoms with E-state index in [0.29, 0.717) is 13.2 Å². The van der Waals surface area contributed by atoms with Crippen LogP contribution in [0.25, 0.3) is 0 Å². The Balaban J connectivity index is 0.000000170. The third kappa shape index (κ3) is 12.5. The number of ether oxygens (including phenoxy) is 6. The van der Waals surface area contributed by atoms with Crippen LogP contribution >= 0.6 is 51.5 Å². The molecule has 8 rings (SSSR count). The molecule has 0 amide bonds. The molecule has 8 nitrogen and oxygen atoms in total. The van der Waals surface area contributed by atoms with Gasteiger partial charge < -0.3 is 33.7 Å². The van der Waals surface area contributed by atoms with Gasteiger partial charge in [0.15, 0.2) is 23.0 Å². The SMILES string of the molecule is BrCC1COc2ccccc2O1.CC1(Oc2ccc(Cl)cc2)CCN(CC2COc3ccccc3O2)CC1.CC1(Oc2ccc(Cl)cc2)CCNCC1.Cl. The zero-order chi connectivity index (χ0) is 37.1. The van der Waals surface area contributed by atoms with Crippen LogP contribution in [0, 0.1) is 0 Å². The van der Waals surface area contributed by atoms with Crippen LogP contribution in [0.3, 0.4) is 0 Å². The Bertz CT molecular complexity index is 1720. The van der Waals surface area contributed by atoms with Gasteiger partial charge in [0.05, 0.1) is 0 Å². The van der Waals surface area contributed by atoms with Crippen LogP contribution in [0.2, 0.25) is 10.0 Å². The van der Waals surface area contributed by atoms with Crippen molar-refractivity contribution in [2.24, 2.45) is 0 Å². The first kappa shape index (κ1) is 42.1. The smallest absolute Gasteiger partial charge is 0.161 e. The predicted molar refractivity (Wildman–Crippen MR) is 222 cm³/mol. The summed E-state index contributed by atoms with van der Waals surface area (Å²) in [4.78, 5) is 2.44. The summed E-state index contributed by atoms with van der Waals surface area (Å²) in [6.45, 7) is 10.5. The van der Waals surface area contributed by atoms with E-state index in [2.05, 4.69) is 40.0 Å². The van der Waals surface area contributed by atoms with Gasteiger partial charge in [0.1, 0.15) is 48.1 Å². The minimum atomic E-state index is -0.138. The number of benzene rings is 4. The summed E-state index contributed by atoms with van der Waals surface area (Å²) in [7, 11) is 0. The molecule has 0 bridgehead atoms. The number of rotatable bonds is 7. The average Bonchev–Trinajstić information content (AvgIpc) is 3.18. The molecule has 54 heavy (non-hydrogen) atoms. The number of piperidine rings is 2. The normalized spacial score (nSPS) is 20.7. The molecule has 4 heterocycles. The van der Waals surface area contributed by atoms with E-state index in [1.165, 1.54) is 0 Å². The van der Waals surface area contributed by atoms with Crippen molar-refractivity contribution in [1.29, 1.82) is 0 Å². The molecule has 2 atom stereocenters. The van der Waals surface area contributed by atoms with Gasteiger partial charge in [0, 0.05) is 35.0 Å². The number of alkyl halides is 1. The van der Waals surface area contributed by atoms with Gasteiger partial charge in [0.2, 0.25) is 0 Å². The van der Waals surface area contributed by atoms with Crippen LogP contribution in [-0.4, -0.2) is 79.6 Å². The Morgan fingerprint density at radius 2 is 1.07 bits per heavy atom. The summed E-state index contributed by atoms with van der Waals surface area (Å²) in [6, 6.07) is 30.8. The van der Waals surface area contributed by atoms with E-state index < -0.39 is 0 Å². The number of halogens is 4. The van der Waals surface area contributed by atoms with Gasteiger partial charge in [-0.3, -0.25) is 4.90 Å². The van der Waals surface area contributed by atoms with E-state index in [9.17, 15) is 0 Å². The molecule has 2 fully saturated rings. The van der Waals surface area contributed by atoms with Gasteiger partial charge in [-0.25, -0.2) is 0 Å². The molecule has 4 aromatic rings. The number of hydrogen-bond donors (Lipinski definition) is 1. The lowest BCUT2D eigenvalue weighted by atomic mass is 9.93. The summed E-state index contributed by atoms with van der Waals surface area (Å²) < 4.78 is 35.2. The molecule has 0 spiro atoms. The third-order valence-corrected chi connectivity index (χ3v) is 10.9. The summed E-state index contributed by atoms with van der Waals surface area (Å²) >= 11 is 15.1. The standard InChI is InChI=1S/C21H24ClNO3.C12H16ClNO.C9H9BrO2.ClH/c1-21(26-17-8-6-16(22)7-9-17)10-12-23(13-11-21)14-18-15-24-19-4-2-3-5-20(19)25-18;1-12(6-8-14-9-7-12)15-11-4-2-10(13)3-5-11;10-5-7-6-11-8-3-1-2-4-9(8)12-7;/h2-9,18H,10-15H2,1H3;2-5,14H,6-9H2,1H3;1-4,7H,5-6H2;1H. The van der Waals surface area contributed by atoms with Crippen molar-refractivity contribution in [3.05, 3.63) is 107 Å². The van der Waals surface area contributed by atoms with Gasteiger partial charge >= 0.3 is 0 Å². The van der Waals surface area contributed by atoms with E-state index in [1.54, 1.807) is 0 Å². The Morgan fingerprint density at radius 3 is 1.56 bits per heavy atom. The molecule has 292 valence electrons. The average molecular weight is 865 g/mol. The number of para-hydroxylation sites is 4. The first-order valence-electron chi connectivity index (χ1n) is 18.3. The van der Waals surface area contributed by atoms with Gasteiger partial charge in [-0.1, -0.05) is 63.4 Å². The maximum atomic E-state index is 6.24. The number of nitrogens with one attached hydrogen (secondary N) is 1. The van der Waals surface area contributed by atoms with Gasteiger partial charge in [0.25, 0.3) is 0 Å². The number of nitrogens with zero attached hydrogens (tertiary/aromatic N) is 1. The fourth-order valence-electron chi connectivity index (χ4n) is 6.52. The minimum Gasteiger partial charge on any atom is -0.487 e. The lowest BCUT2D eigenvalue weighted by Crippen LogP contribution is -2.49. The van der Waals surface area contributed by atoms with Crippen molar-refractivity contribution in [2.45, 2.75) is 62.9 Å². The highest BCUT2D eigenvalue weighted by atomic mass is 79.9. The molecule has 1 N–H and O–H groups in total. The molecule has 4 aromatic carbocycles. The van der Waals surface area contributed by atoms with Crippen LogP contribution in [0.5, 0.6) is 34.5 Å². The number of hydrogen-bond acceptors (Lipinski definition) is 8. The van der Waals surface area contributed by atoms with Crippen LogP contribution < -0.4 is 33.7 Å². The molecule has 2 saturated heterocycles. The summed E-state index contributed by atoms with van der Waals surface area (Å²) in [5.41, 5.74) is -0.167. The first-order valence-corrected chi connectivity index (χ1v) is 20.2. The van der Waals surface area contributed by atoms with Gasteiger partial charge in [-0.15, -0.1) is 12.4 Å². The second-order valence-electron chi connectivity index (χ2n) is 14.2. The molecule has 0 aromatic heterocycles. The molecule has 0 radical (unpaired) electrons. The fourth-order valence-corrected chi connectivity index (χ4v) is 7.09. The second kappa shape index (κ2) is 20.2. The van der Waals surface area contributed by atoms with Gasteiger partial charge in [-0.05, 0) is 125 Å². The molecule has 0 aliphatic carbocycles. The van der Waals surface area contributed by atoms with Crippen molar-refractivity contribution in [3.8, 4) is 34.5 Å². The zero-order valence-corrected chi connectivity index (χ0v) is 34.7. The summed E-state index contributed by atoms with van der Waals surface area (Å²) in [5.74, 6) is 5.15. The Hall–Kier alpha value is -3.05. The van der Waals surface area contributed by atoms with E-state index in [1.807, 2.05) is 97.1 Å². The van der Waals surface area contributed by atoms with Crippen LogP contribution in [0.4, 0.5) is 0 Å². The Kier molecular flexibility index (Phi) is 15.8. The van der Waals surface area contributed by atoms with Crippen molar-refractivity contribution in [3.63, 3.8) is 0 Å². The highest BCUT2D eigenvalue weighted by molar-refractivity contribution is 9.09. The fraction of sp³-hybridized carbons (Fsp3) is 0.429. The predicted octanol–water partition coefficient (Wildman–Crippen LogP) is 9.92. The highest BCUT2D eigenvalue weighted by Gasteiger charge is 2.34. The molecule has 12 heteroatoms. The molecule has 4 aliphatic rings. The van der Waals surface area contributed by atoms with Crippen LogP contribution in [0.1, 0.15) is 39.5 Å². The second-order valence-corrected chi connectivity index (χ2v) is 15.7. The van der Waals surface area contributed by atoms with Gasteiger partial charge in [-0.2, -0.15) is 0 Å². The van der Waals surface area contributed by atoms with Crippen LogP contribution in [-0.2, 0) is 0 Å². The monoisotopic (exact) mass is 862 g/mol. The van der Waals surface area contributed by atoms with Crippen molar-refractivity contribution >= 4 is 51.5 Å². The summed E-state index contributed by atoms with van der Waals surface area (Å²) in [6.07, 6.45) is 4.29. The zero-order valence-electron chi connectivity index (χ0n) is 30.8. The topological polar surface area (TPSA) is 70.7 Å². The van der Waals surface area contributed by atoms with E-state index in [4.69, 9.17) is 51.6 Å². The van der Waals surface area contributed by atoms with E-state index in [-0.39, 0.29) is 35.8 Å². The van der Waals surface area contributed by atoms with Crippen molar-refractivity contribution in [2.75, 3.05) is 51.3 Å². The highest BCUT2D eigenvalue weighted by Crippen LogP contribution is 2.34.